The molecule has 7 unspecified atom stereocenters. The van der Waals surface area contributed by atoms with Crippen molar-refractivity contribution in [2.24, 2.45) is 29.1 Å². The lowest BCUT2D eigenvalue weighted by atomic mass is 9.62. The van der Waals surface area contributed by atoms with Gasteiger partial charge < -0.3 is 4.74 Å². The van der Waals surface area contributed by atoms with Gasteiger partial charge in [0.1, 0.15) is 0 Å². The molecule has 4 fully saturated rings. The van der Waals surface area contributed by atoms with Gasteiger partial charge in [0.05, 0.1) is 12.2 Å². The Labute approximate surface area is 112 Å². The van der Waals surface area contributed by atoms with E-state index in [4.69, 9.17) is 4.74 Å². The summed E-state index contributed by atoms with van der Waals surface area (Å²) in [5.74, 6) is 4.13. The van der Waals surface area contributed by atoms with Crippen molar-refractivity contribution in [3.8, 4) is 0 Å². The second-order valence-electron chi connectivity index (χ2n) is 7.85. The van der Waals surface area contributed by atoms with Gasteiger partial charge in [-0.2, -0.15) is 0 Å². The summed E-state index contributed by atoms with van der Waals surface area (Å²) < 4.78 is 6.39. The van der Waals surface area contributed by atoms with E-state index in [0.29, 0.717) is 12.2 Å². The van der Waals surface area contributed by atoms with Crippen LogP contribution >= 0.6 is 0 Å². The zero-order valence-corrected chi connectivity index (χ0v) is 12.0. The van der Waals surface area contributed by atoms with Gasteiger partial charge in [-0.05, 0) is 81.0 Å². The summed E-state index contributed by atoms with van der Waals surface area (Å²) in [6.07, 6.45) is 13.0. The van der Waals surface area contributed by atoms with Crippen molar-refractivity contribution in [1.29, 1.82) is 0 Å². The molecule has 4 rings (SSSR count). The van der Waals surface area contributed by atoms with E-state index in [1.54, 1.807) is 32.1 Å². The van der Waals surface area contributed by atoms with E-state index in [2.05, 4.69) is 13.8 Å². The van der Waals surface area contributed by atoms with Gasteiger partial charge in [-0.1, -0.05) is 13.3 Å². The molecule has 0 aromatic rings. The molecule has 7 atom stereocenters. The second kappa shape index (κ2) is 3.98. The Balaban J connectivity index is 1.54. The van der Waals surface area contributed by atoms with Crippen LogP contribution in [-0.4, -0.2) is 12.2 Å². The average molecular weight is 248 g/mol. The minimum Gasteiger partial charge on any atom is -0.375 e. The van der Waals surface area contributed by atoms with Crippen LogP contribution in [0.4, 0.5) is 0 Å². The van der Waals surface area contributed by atoms with Crippen LogP contribution in [-0.2, 0) is 4.74 Å². The molecule has 1 nitrogen and oxygen atoms in total. The molecule has 102 valence electrons. The smallest absolute Gasteiger partial charge is 0.0615 e. The average Bonchev–Trinajstić information content (AvgIpc) is 3.08. The third-order valence-electron chi connectivity index (χ3n) is 7.01. The van der Waals surface area contributed by atoms with Crippen molar-refractivity contribution in [1.82, 2.24) is 0 Å². The lowest BCUT2D eigenvalue weighted by molar-refractivity contribution is -0.0841. The van der Waals surface area contributed by atoms with Crippen LogP contribution in [0.5, 0.6) is 0 Å². The van der Waals surface area contributed by atoms with E-state index in [0.717, 1.165) is 29.1 Å². The lowest BCUT2D eigenvalue weighted by Crippen LogP contribution is -2.42. The Hall–Kier alpha value is -0.0400. The molecule has 18 heavy (non-hydrogen) atoms. The van der Waals surface area contributed by atoms with E-state index in [1.807, 2.05) is 0 Å². The summed E-state index contributed by atoms with van der Waals surface area (Å²) in [4.78, 5) is 0. The molecule has 0 saturated heterocycles. The highest BCUT2D eigenvalue weighted by Gasteiger charge is 2.63. The second-order valence-corrected chi connectivity index (χ2v) is 7.85. The van der Waals surface area contributed by atoms with Crippen molar-refractivity contribution in [3.05, 3.63) is 0 Å². The quantitative estimate of drug-likeness (QED) is 0.719. The standard InChI is InChI=1S/C17H28O/c1-3-11(2)18-16-8-13-7-15(16)17(10-13)9-12-4-5-14(17)6-12/h11-16H,3-10H2,1-2H3. The molecular weight excluding hydrogens is 220 g/mol. The zero-order chi connectivity index (χ0) is 12.3. The molecule has 0 N–H and O–H groups in total. The van der Waals surface area contributed by atoms with Gasteiger partial charge in [0.15, 0.2) is 0 Å². The van der Waals surface area contributed by atoms with Crippen LogP contribution in [0.3, 0.4) is 0 Å². The highest BCUT2D eigenvalue weighted by Crippen LogP contribution is 2.70. The molecule has 1 spiro atoms. The first-order chi connectivity index (χ1) is 8.71. The Morgan fingerprint density at radius 1 is 1.11 bits per heavy atom. The molecule has 0 heterocycles. The van der Waals surface area contributed by atoms with Crippen molar-refractivity contribution in [3.63, 3.8) is 0 Å². The first-order valence-electron chi connectivity index (χ1n) is 8.36. The Morgan fingerprint density at radius 2 is 1.94 bits per heavy atom. The minimum atomic E-state index is 0.477. The summed E-state index contributed by atoms with van der Waals surface area (Å²) in [7, 11) is 0. The van der Waals surface area contributed by atoms with Gasteiger partial charge in [0, 0.05) is 0 Å². The maximum absolute atomic E-state index is 6.39. The molecule has 0 aromatic carbocycles. The SMILES string of the molecule is CCC(C)OC1CC2CC1C1(CC3CCC1C3)C2. The number of ether oxygens (including phenoxy) is 1. The monoisotopic (exact) mass is 248 g/mol. The van der Waals surface area contributed by atoms with Crippen LogP contribution in [0.2, 0.25) is 0 Å². The maximum atomic E-state index is 6.39. The summed E-state index contributed by atoms with van der Waals surface area (Å²) in [5.41, 5.74) is 0.754. The van der Waals surface area contributed by atoms with E-state index in [1.165, 1.54) is 19.3 Å². The molecule has 0 radical (unpaired) electrons. The molecule has 4 aliphatic carbocycles. The van der Waals surface area contributed by atoms with Gasteiger partial charge in [0.25, 0.3) is 0 Å². The number of hydrogen-bond acceptors (Lipinski definition) is 1. The summed E-state index contributed by atoms with van der Waals surface area (Å²) in [6, 6.07) is 0. The molecule has 4 aliphatic rings. The van der Waals surface area contributed by atoms with Crippen LogP contribution < -0.4 is 0 Å². The normalized spacial score (nSPS) is 54.7. The first kappa shape index (κ1) is 11.8. The number of rotatable bonds is 3. The summed E-state index contributed by atoms with van der Waals surface area (Å²) in [5, 5.41) is 0. The fraction of sp³-hybridized carbons (Fsp3) is 1.00. The van der Waals surface area contributed by atoms with E-state index in [9.17, 15) is 0 Å². The van der Waals surface area contributed by atoms with Crippen molar-refractivity contribution < 1.29 is 4.74 Å². The molecule has 0 amide bonds. The van der Waals surface area contributed by atoms with E-state index >= 15 is 0 Å². The predicted molar refractivity (Wildman–Crippen MR) is 73.3 cm³/mol. The van der Waals surface area contributed by atoms with Gasteiger partial charge in [-0.15, -0.1) is 0 Å². The molecule has 0 aliphatic heterocycles. The Bertz CT molecular complexity index is 335. The van der Waals surface area contributed by atoms with Crippen LogP contribution in [0, 0.1) is 29.1 Å². The Morgan fingerprint density at radius 3 is 2.56 bits per heavy atom. The van der Waals surface area contributed by atoms with Crippen LogP contribution in [0.25, 0.3) is 0 Å². The number of hydrogen-bond donors (Lipinski definition) is 0. The third-order valence-corrected chi connectivity index (χ3v) is 7.01. The summed E-state index contributed by atoms with van der Waals surface area (Å²) in [6.45, 7) is 4.52. The predicted octanol–water partition coefficient (Wildman–Crippen LogP) is 4.41. The zero-order valence-electron chi connectivity index (χ0n) is 12.0. The fourth-order valence-electron chi connectivity index (χ4n) is 6.30. The molecule has 1 heteroatoms. The van der Waals surface area contributed by atoms with E-state index < -0.39 is 0 Å². The van der Waals surface area contributed by atoms with Gasteiger partial charge >= 0.3 is 0 Å². The van der Waals surface area contributed by atoms with Crippen molar-refractivity contribution >= 4 is 0 Å². The summed E-state index contributed by atoms with van der Waals surface area (Å²) >= 11 is 0. The Kier molecular flexibility index (Phi) is 2.60. The highest BCUT2D eigenvalue weighted by molar-refractivity contribution is 5.13. The molecule has 0 aromatic heterocycles. The maximum Gasteiger partial charge on any atom is 0.0615 e. The van der Waals surface area contributed by atoms with Crippen LogP contribution in [0.1, 0.15) is 65.2 Å². The topological polar surface area (TPSA) is 9.23 Å². The van der Waals surface area contributed by atoms with Crippen molar-refractivity contribution in [2.75, 3.05) is 0 Å². The van der Waals surface area contributed by atoms with E-state index in [-0.39, 0.29) is 0 Å². The largest absolute Gasteiger partial charge is 0.375 e. The van der Waals surface area contributed by atoms with Crippen LogP contribution in [0.15, 0.2) is 0 Å². The third kappa shape index (κ3) is 1.49. The van der Waals surface area contributed by atoms with Gasteiger partial charge in [0.2, 0.25) is 0 Å². The fourth-order valence-corrected chi connectivity index (χ4v) is 6.30. The number of fused-ring (bicyclic) bond motifs is 6. The van der Waals surface area contributed by atoms with Crippen molar-refractivity contribution in [2.45, 2.75) is 77.4 Å². The molecule has 4 bridgehead atoms. The molecule has 4 saturated carbocycles. The van der Waals surface area contributed by atoms with Gasteiger partial charge in [-0.3, -0.25) is 0 Å². The van der Waals surface area contributed by atoms with Gasteiger partial charge in [-0.25, -0.2) is 0 Å². The first-order valence-corrected chi connectivity index (χ1v) is 8.36. The lowest BCUT2D eigenvalue weighted by Gasteiger charge is -2.45. The highest BCUT2D eigenvalue weighted by atomic mass is 16.5. The minimum absolute atomic E-state index is 0.477. The molecular formula is C17H28O.